The van der Waals surface area contributed by atoms with E-state index in [1.807, 2.05) is 26.0 Å². The van der Waals surface area contributed by atoms with Crippen molar-refractivity contribution in [2.45, 2.75) is 13.8 Å². The Hall–Kier alpha value is -2.43. The Balaban J connectivity index is 2.51. The first-order chi connectivity index (χ1) is 9.02. The van der Waals surface area contributed by atoms with Gasteiger partial charge in [-0.25, -0.2) is 4.79 Å². The Bertz CT molecular complexity index is 621. The van der Waals surface area contributed by atoms with Gasteiger partial charge in [0.2, 0.25) is 0 Å². The molecule has 0 saturated heterocycles. The third-order valence-corrected chi connectivity index (χ3v) is 2.98. The zero-order chi connectivity index (χ0) is 14.0. The van der Waals surface area contributed by atoms with Crippen molar-refractivity contribution in [2.24, 2.45) is 0 Å². The summed E-state index contributed by atoms with van der Waals surface area (Å²) in [6.07, 6.45) is 0. The van der Waals surface area contributed by atoms with E-state index in [1.54, 1.807) is 13.2 Å². The lowest BCUT2D eigenvalue weighted by molar-refractivity contribution is 0.0689. The molecule has 0 fully saturated rings. The Kier molecular flexibility index (Phi) is 3.46. The lowest BCUT2D eigenvalue weighted by Gasteiger charge is -2.11. The topological polar surface area (TPSA) is 72.3 Å². The number of aryl methyl sites for hydroxylation is 2. The molecule has 1 heterocycles. The maximum absolute atomic E-state index is 10.7. The number of carboxylic acids is 1. The number of ether oxygens (including phenoxy) is 1. The molecule has 2 aromatic rings. The second-order valence-corrected chi connectivity index (χ2v) is 4.25. The minimum atomic E-state index is -1.09. The maximum Gasteiger partial charge on any atom is 0.356 e. The molecular weight excluding hydrogens is 244 g/mol. The van der Waals surface area contributed by atoms with E-state index >= 15 is 0 Å². The summed E-state index contributed by atoms with van der Waals surface area (Å²) in [6.45, 7) is 4.00. The van der Waals surface area contributed by atoms with Gasteiger partial charge in [0.05, 0.1) is 12.8 Å². The molecule has 19 heavy (non-hydrogen) atoms. The summed E-state index contributed by atoms with van der Waals surface area (Å²) in [4.78, 5) is 10.7. The summed E-state index contributed by atoms with van der Waals surface area (Å²) >= 11 is 0. The van der Waals surface area contributed by atoms with Crippen molar-refractivity contribution in [2.75, 3.05) is 7.11 Å². The average molecular weight is 258 g/mol. The fourth-order valence-electron chi connectivity index (χ4n) is 1.75. The standard InChI is InChI=1S/C14H14N2O3/c1-8-6-10(13(19-3)7-9(8)2)11-4-5-12(14(17)18)16-15-11/h4-7H,1-3H3,(H,17,18). The second kappa shape index (κ2) is 5.06. The van der Waals surface area contributed by atoms with Crippen molar-refractivity contribution < 1.29 is 14.6 Å². The number of methoxy groups -OCH3 is 1. The quantitative estimate of drug-likeness (QED) is 0.915. The fraction of sp³-hybridized carbons (Fsp3) is 0.214. The highest BCUT2D eigenvalue weighted by Crippen LogP contribution is 2.31. The van der Waals surface area contributed by atoms with Gasteiger partial charge in [-0.05, 0) is 49.2 Å². The predicted octanol–water partition coefficient (Wildman–Crippen LogP) is 2.47. The average Bonchev–Trinajstić information content (AvgIpc) is 2.41. The van der Waals surface area contributed by atoms with Gasteiger partial charge < -0.3 is 9.84 Å². The lowest BCUT2D eigenvalue weighted by Crippen LogP contribution is -2.02. The smallest absolute Gasteiger partial charge is 0.356 e. The summed E-state index contributed by atoms with van der Waals surface area (Å²) < 4.78 is 5.33. The molecule has 0 aliphatic heterocycles. The number of hydrogen-bond donors (Lipinski definition) is 1. The van der Waals surface area contributed by atoms with Crippen molar-refractivity contribution in [3.63, 3.8) is 0 Å². The van der Waals surface area contributed by atoms with Crippen LogP contribution in [0.25, 0.3) is 11.3 Å². The first-order valence-electron chi connectivity index (χ1n) is 5.75. The molecule has 0 unspecified atom stereocenters. The minimum absolute atomic E-state index is 0.0773. The summed E-state index contributed by atoms with van der Waals surface area (Å²) in [5.41, 5.74) is 3.54. The third-order valence-electron chi connectivity index (χ3n) is 2.98. The van der Waals surface area contributed by atoms with Gasteiger partial charge in [-0.1, -0.05) is 0 Å². The highest BCUT2D eigenvalue weighted by Gasteiger charge is 2.11. The molecular formula is C14H14N2O3. The van der Waals surface area contributed by atoms with E-state index in [0.29, 0.717) is 11.4 Å². The maximum atomic E-state index is 10.7. The Morgan fingerprint density at radius 2 is 1.84 bits per heavy atom. The van der Waals surface area contributed by atoms with Gasteiger partial charge in [-0.2, -0.15) is 0 Å². The van der Waals surface area contributed by atoms with Crippen LogP contribution in [0.1, 0.15) is 21.6 Å². The molecule has 5 heteroatoms. The minimum Gasteiger partial charge on any atom is -0.496 e. The van der Waals surface area contributed by atoms with Crippen LogP contribution in [0.2, 0.25) is 0 Å². The normalized spacial score (nSPS) is 10.3. The van der Waals surface area contributed by atoms with Gasteiger partial charge in [0.25, 0.3) is 0 Å². The predicted molar refractivity (Wildman–Crippen MR) is 70.5 cm³/mol. The van der Waals surface area contributed by atoms with Crippen molar-refractivity contribution in [3.8, 4) is 17.0 Å². The Morgan fingerprint density at radius 3 is 2.37 bits per heavy atom. The highest BCUT2D eigenvalue weighted by molar-refractivity contribution is 5.85. The highest BCUT2D eigenvalue weighted by atomic mass is 16.5. The number of carboxylic acid groups (broad SMARTS) is 1. The van der Waals surface area contributed by atoms with Crippen LogP contribution in [0.4, 0.5) is 0 Å². The number of benzene rings is 1. The van der Waals surface area contributed by atoms with E-state index in [1.165, 1.54) is 6.07 Å². The van der Waals surface area contributed by atoms with Crippen LogP contribution in [0.5, 0.6) is 5.75 Å². The van der Waals surface area contributed by atoms with Gasteiger partial charge in [-0.15, -0.1) is 10.2 Å². The van der Waals surface area contributed by atoms with Gasteiger partial charge in [-0.3, -0.25) is 0 Å². The molecule has 1 N–H and O–H groups in total. The molecule has 0 amide bonds. The number of nitrogens with zero attached hydrogens (tertiary/aromatic N) is 2. The molecule has 0 aliphatic rings. The number of hydrogen-bond acceptors (Lipinski definition) is 4. The molecule has 0 radical (unpaired) electrons. The van der Waals surface area contributed by atoms with Crippen LogP contribution in [-0.2, 0) is 0 Å². The first-order valence-corrected chi connectivity index (χ1v) is 5.75. The Morgan fingerprint density at radius 1 is 1.16 bits per heavy atom. The molecule has 1 aromatic heterocycles. The van der Waals surface area contributed by atoms with E-state index in [-0.39, 0.29) is 5.69 Å². The van der Waals surface area contributed by atoms with Gasteiger partial charge in [0, 0.05) is 5.56 Å². The molecule has 1 aromatic carbocycles. The van der Waals surface area contributed by atoms with Crippen LogP contribution >= 0.6 is 0 Å². The van der Waals surface area contributed by atoms with Crippen LogP contribution in [0, 0.1) is 13.8 Å². The second-order valence-electron chi connectivity index (χ2n) is 4.25. The summed E-state index contributed by atoms with van der Waals surface area (Å²) in [5, 5.41) is 16.4. The van der Waals surface area contributed by atoms with E-state index < -0.39 is 5.97 Å². The molecule has 2 rings (SSSR count). The first kappa shape index (κ1) is 13.0. The van der Waals surface area contributed by atoms with Gasteiger partial charge in [0.15, 0.2) is 5.69 Å². The number of rotatable bonds is 3. The monoisotopic (exact) mass is 258 g/mol. The van der Waals surface area contributed by atoms with Gasteiger partial charge >= 0.3 is 5.97 Å². The van der Waals surface area contributed by atoms with E-state index in [9.17, 15) is 4.79 Å². The van der Waals surface area contributed by atoms with Crippen LogP contribution in [0.15, 0.2) is 24.3 Å². The summed E-state index contributed by atoms with van der Waals surface area (Å²) in [6, 6.07) is 6.94. The van der Waals surface area contributed by atoms with Gasteiger partial charge in [0.1, 0.15) is 5.75 Å². The molecule has 0 spiro atoms. The molecule has 0 bridgehead atoms. The third kappa shape index (κ3) is 2.54. The SMILES string of the molecule is COc1cc(C)c(C)cc1-c1ccc(C(=O)O)nn1. The zero-order valence-electron chi connectivity index (χ0n) is 11.0. The number of aromatic nitrogens is 2. The molecule has 0 atom stereocenters. The van der Waals surface area contributed by atoms with E-state index in [0.717, 1.165) is 16.7 Å². The summed E-state index contributed by atoms with van der Waals surface area (Å²) in [7, 11) is 1.59. The summed E-state index contributed by atoms with van der Waals surface area (Å²) in [5.74, 6) is -0.397. The van der Waals surface area contributed by atoms with Crippen LogP contribution < -0.4 is 4.74 Å². The molecule has 0 saturated carbocycles. The molecule has 98 valence electrons. The molecule has 0 aliphatic carbocycles. The van der Waals surface area contributed by atoms with E-state index in [4.69, 9.17) is 9.84 Å². The van der Waals surface area contributed by atoms with Crippen molar-refractivity contribution >= 4 is 5.97 Å². The van der Waals surface area contributed by atoms with Crippen molar-refractivity contribution in [3.05, 3.63) is 41.1 Å². The largest absolute Gasteiger partial charge is 0.496 e. The number of aromatic carboxylic acids is 1. The van der Waals surface area contributed by atoms with Crippen LogP contribution in [0.3, 0.4) is 0 Å². The number of carbonyl (C=O) groups is 1. The Labute approximate surface area is 110 Å². The van der Waals surface area contributed by atoms with Crippen molar-refractivity contribution in [1.29, 1.82) is 0 Å². The zero-order valence-corrected chi connectivity index (χ0v) is 11.0. The fourth-order valence-corrected chi connectivity index (χ4v) is 1.75. The van der Waals surface area contributed by atoms with Crippen molar-refractivity contribution in [1.82, 2.24) is 10.2 Å². The lowest BCUT2D eigenvalue weighted by atomic mass is 10.0. The molecule has 5 nitrogen and oxygen atoms in total. The van der Waals surface area contributed by atoms with Crippen LogP contribution in [-0.4, -0.2) is 28.4 Å². The van der Waals surface area contributed by atoms with E-state index in [2.05, 4.69) is 10.2 Å².